The molecule has 0 radical (unpaired) electrons. The van der Waals surface area contributed by atoms with Crippen LogP contribution in [0.5, 0.6) is 5.75 Å². The van der Waals surface area contributed by atoms with Crippen LogP contribution in [0, 0.1) is 0 Å². The number of rotatable bonds is 3. The molecular formula is C19H15F3N2O3. The Morgan fingerprint density at radius 2 is 1.96 bits per heavy atom. The van der Waals surface area contributed by atoms with Gasteiger partial charge in [0, 0.05) is 17.2 Å². The second-order valence-electron chi connectivity index (χ2n) is 6.57. The van der Waals surface area contributed by atoms with Crippen molar-refractivity contribution in [2.75, 3.05) is 0 Å². The Morgan fingerprint density at radius 1 is 1.19 bits per heavy atom. The lowest BCUT2D eigenvalue weighted by Crippen LogP contribution is -2.39. The minimum absolute atomic E-state index is 0.000931. The van der Waals surface area contributed by atoms with Crippen molar-refractivity contribution >= 4 is 17.0 Å². The molecule has 0 spiro atoms. The number of halogens is 3. The Balaban J connectivity index is 1.67. The van der Waals surface area contributed by atoms with Gasteiger partial charge in [-0.1, -0.05) is 0 Å². The SMILES string of the molecule is O=C(NC1CCC1)c1ccc2oc(-c3cc(O)cc(C(F)(F)F)c3)nc2c1. The summed E-state index contributed by atoms with van der Waals surface area (Å²) in [7, 11) is 0. The third kappa shape index (κ3) is 3.47. The van der Waals surface area contributed by atoms with Gasteiger partial charge in [0.2, 0.25) is 5.89 Å². The maximum atomic E-state index is 12.9. The van der Waals surface area contributed by atoms with Crippen molar-refractivity contribution in [3.63, 3.8) is 0 Å². The summed E-state index contributed by atoms with van der Waals surface area (Å²) in [6, 6.07) is 7.48. The molecule has 3 aromatic rings. The fourth-order valence-corrected chi connectivity index (χ4v) is 2.91. The highest BCUT2D eigenvalue weighted by Gasteiger charge is 2.32. The number of hydrogen-bond donors (Lipinski definition) is 2. The van der Waals surface area contributed by atoms with Crippen molar-refractivity contribution in [1.82, 2.24) is 10.3 Å². The molecule has 0 saturated heterocycles. The van der Waals surface area contributed by atoms with Gasteiger partial charge in [-0.05, 0) is 55.7 Å². The number of hydrogen-bond acceptors (Lipinski definition) is 4. The molecule has 1 fully saturated rings. The molecule has 0 bridgehead atoms. The van der Waals surface area contributed by atoms with E-state index in [1.807, 2.05) is 0 Å². The summed E-state index contributed by atoms with van der Waals surface area (Å²) in [5, 5.41) is 12.5. The molecule has 4 rings (SSSR count). The molecule has 2 aromatic carbocycles. The number of phenols is 1. The second kappa shape index (κ2) is 6.29. The molecule has 1 amide bonds. The smallest absolute Gasteiger partial charge is 0.416 e. The number of benzene rings is 2. The van der Waals surface area contributed by atoms with Gasteiger partial charge in [-0.25, -0.2) is 4.98 Å². The zero-order chi connectivity index (χ0) is 19.2. The Morgan fingerprint density at radius 3 is 2.63 bits per heavy atom. The van der Waals surface area contributed by atoms with E-state index in [9.17, 15) is 23.1 Å². The number of alkyl halides is 3. The van der Waals surface area contributed by atoms with Gasteiger partial charge in [-0.3, -0.25) is 4.79 Å². The quantitative estimate of drug-likeness (QED) is 0.706. The molecule has 8 heteroatoms. The summed E-state index contributed by atoms with van der Waals surface area (Å²) in [6.45, 7) is 0. The molecule has 1 saturated carbocycles. The monoisotopic (exact) mass is 376 g/mol. The van der Waals surface area contributed by atoms with Gasteiger partial charge < -0.3 is 14.8 Å². The van der Waals surface area contributed by atoms with Gasteiger partial charge in [0.1, 0.15) is 11.3 Å². The Labute approximate surface area is 151 Å². The van der Waals surface area contributed by atoms with Gasteiger partial charge in [0.25, 0.3) is 5.91 Å². The van der Waals surface area contributed by atoms with Crippen LogP contribution in [0.4, 0.5) is 13.2 Å². The first kappa shape index (κ1) is 17.4. The van der Waals surface area contributed by atoms with E-state index >= 15 is 0 Å². The third-order valence-corrected chi connectivity index (χ3v) is 4.58. The van der Waals surface area contributed by atoms with Gasteiger partial charge in [0.15, 0.2) is 5.58 Å². The van der Waals surface area contributed by atoms with E-state index in [0.717, 1.165) is 31.4 Å². The second-order valence-corrected chi connectivity index (χ2v) is 6.57. The first-order valence-corrected chi connectivity index (χ1v) is 8.43. The van der Waals surface area contributed by atoms with E-state index in [2.05, 4.69) is 10.3 Å². The van der Waals surface area contributed by atoms with Crippen molar-refractivity contribution in [3.8, 4) is 17.2 Å². The van der Waals surface area contributed by atoms with Crippen LogP contribution in [0.2, 0.25) is 0 Å². The summed E-state index contributed by atoms with van der Waals surface area (Å²) in [6.07, 6.45) is -1.59. The van der Waals surface area contributed by atoms with Crippen LogP contribution in [-0.4, -0.2) is 22.0 Å². The predicted molar refractivity (Wildman–Crippen MR) is 91.2 cm³/mol. The maximum Gasteiger partial charge on any atom is 0.416 e. The summed E-state index contributed by atoms with van der Waals surface area (Å²) in [4.78, 5) is 16.4. The number of carbonyl (C=O) groups is 1. The molecule has 27 heavy (non-hydrogen) atoms. The number of carbonyl (C=O) groups excluding carboxylic acids is 1. The van der Waals surface area contributed by atoms with Crippen molar-refractivity contribution in [1.29, 1.82) is 0 Å². The lowest BCUT2D eigenvalue weighted by atomic mass is 9.93. The highest BCUT2D eigenvalue weighted by molar-refractivity contribution is 5.97. The molecule has 5 nitrogen and oxygen atoms in total. The minimum Gasteiger partial charge on any atom is -0.508 e. The molecule has 0 unspecified atom stereocenters. The fraction of sp³-hybridized carbons (Fsp3) is 0.263. The molecule has 0 aliphatic heterocycles. The molecule has 140 valence electrons. The Kier molecular flexibility index (Phi) is 4.05. The highest BCUT2D eigenvalue weighted by Crippen LogP contribution is 2.35. The lowest BCUT2D eigenvalue weighted by molar-refractivity contribution is -0.137. The lowest BCUT2D eigenvalue weighted by Gasteiger charge is -2.26. The van der Waals surface area contributed by atoms with Crippen LogP contribution in [0.15, 0.2) is 40.8 Å². The van der Waals surface area contributed by atoms with E-state index in [-0.39, 0.29) is 23.4 Å². The number of fused-ring (bicyclic) bond motifs is 1. The number of aromatic nitrogens is 1. The number of nitrogens with one attached hydrogen (secondary N) is 1. The van der Waals surface area contributed by atoms with Gasteiger partial charge in [-0.15, -0.1) is 0 Å². The predicted octanol–water partition coefficient (Wildman–Crippen LogP) is 4.50. The van der Waals surface area contributed by atoms with E-state index in [4.69, 9.17) is 4.42 Å². The fourth-order valence-electron chi connectivity index (χ4n) is 2.91. The van der Waals surface area contributed by atoms with Crippen LogP contribution in [0.1, 0.15) is 35.2 Å². The summed E-state index contributed by atoms with van der Waals surface area (Å²) < 4.78 is 44.3. The van der Waals surface area contributed by atoms with Gasteiger partial charge in [-0.2, -0.15) is 13.2 Å². The average Bonchev–Trinajstić information content (AvgIpc) is 3.00. The topological polar surface area (TPSA) is 75.4 Å². The maximum absolute atomic E-state index is 12.9. The van der Waals surface area contributed by atoms with Crippen LogP contribution in [0.3, 0.4) is 0 Å². The summed E-state index contributed by atoms with van der Waals surface area (Å²) in [5.41, 5.74) is 0.0886. The molecule has 1 aliphatic rings. The minimum atomic E-state index is -4.60. The third-order valence-electron chi connectivity index (χ3n) is 4.58. The van der Waals surface area contributed by atoms with Crippen LogP contribution in [0.25, 0.3) is 22.6 Å². The number of aromatic hydroxyl groups is 1. The molecular weight excluding hydrogens is 361 g/mol. The number of oxazole rings is 1. The van der Waals surface area contributed by atoms with Crippen molar-refractivity contribution in [2.45, 2.75) is 31.5 Å². The van der Waals surface area contributed by atoms with Crippen LogP contribution in [-0.2, 0) is 6.18 Å². The number of amides is 1. The van der Waals surface area contributed by atoms with Crippen molar-refractivity contribution < 1.29 is 27.5 Å². The zero-order valence-corrected chi connectivity index (χ0v) is 14.0. The van der Waals surface area contributed by atoms with Crippen LogP contribution >= 0.6 is 0 Å². The van der Waals surface area contributed by atoms with Gasteiger partial charge in [0.05, 0.1) is 5.56 Å². The first-order valence-electron chi connectivity index (χ1n) is 8.43. The van der Waals surface area contributed by atoms with Crippen molar-refractivity contribution in [2.24, 2.45) is 0 Å². The molecule has 1 heterocycles. The summed E-state index contributed by atoms with van der Waals surface area (Å²) in [5.74, 6) is -0.825. The average molecular weight is 376 g/mol. The molecule has 1 aliphatic carbocycles. The normalized spacial score (nSPS) is 14.9. The zero-order valence-electron chi connectivity index (χ0n) is 14.0. The van der Waals surface area contributed by atoms with Crippen molar-refractivity contribution in [3.05, 3.63) is 47.5 Å². The first-order chi connectivity index (χ1) is 12.8. The van der Waals surface area contributed by atoms with Crippen LogP contribution < -0.4 is 5.32 Å². The number of nitrogens with zero attached hydrogens (tertiary/aromatic N) is 1. The molecule has 2 N–H and O–H groups in total. The number of phenolic OH excluding ortho intramolecular Hbond substituents is 1. The van der Waals surface area contributed by atoms with E-state index in [1.165, 1.54) is 6.07 Å². The molecule has 0 atom stereocenters. The van der Waals surface area contributed by atoms with E-state index in [1.54, 1.807) is 12.1 Å². The molecule has 1 aromatic heterocycles. The standard InChI is InChI=1S/C19H15F3N2O3/c20-19(21,22)12-6-11(7-14(25)9-12)18-24-15-8-10(4-5-16(15)27-18)17(26)23-13-2-1-3-13/h4-9,13,25H,1-3H2,(H,23,26). The van der Waals surface area contributed by atoms with E-state index in [0.29, 0.717) is 22.7 Å². The Bertz CT molecular complexity index is 1020. The van der Waals surface area contributed by atoms with E-state index < -0.39 is 17.5 Å². The summed E-state index contributed by atoms with van der Waals surface area (Å²) >= 11 is 0. The largest absolute Gasteiger partial charge is 0.508 e. The Hall–Kier alpha value is -3.03. The highest BCUT2D eigenvalue weighted by atomic mass is 19.4. The van der Waals surface area contributed by atoms with Gasteiger partial charge >= 0.3 is 6.18 Å².